The lowest BCUT2D eigenvalue weighted by Gasteiger charge is -2.49. The fourth-order valence-corrected chi connectivity index (χ4v) is 2.15. The van der Waals surface area contributed by atoms with Crippen molar-refractivity contribution in [2.75, 3.05) is 0 Å². The Morgan fingerprint density at radius 3 is 2.31 bits per heavy atom. The summed E-state index contributed by atoms with van der Waals surface area (Å²) in [6.07, 6.45) is 0.787. The predicted octanol–water partition coefficient (Wildman–Crippen LogP) is 2.56. The summed E-state index contributed by atoms with van der Waals surface area (Å²) >= 11 is 0. The standard InChI is InChI=1S/C12H16O/c1-12(2)10(8-11(12)13)9-6-4-3-5-7-9/h3-7,10-11,13H,8H2,1-2H3. The Hall–Kier alpha value is -0.820. The molecule has 0 saturated heterocycles. The van der Waals surface area contributed by atoms with Gasteiger partial charge in [-0.15, -0.1) is 0 Å². The number of aliphatic hydroxyl groups excluding tert-OH is 1. The first-order valence-corrected chi connectivity index (χ1v) is 4.85. The molecule has 1 N–H and O–H groups in total. The summed E-state index contributed by atoms with van der Waals surface area (Å²) < 4.78 is 0. The summed E-state index contributed by atoms with van der Waals surface area (Å²) in [4.78, 5) is 0. The van der Waals surface area contributed by atoms with Crippen LogP contribution in [-0.2, 0) is 0 Å². The van der Waals surface area contributed by atoms with Crippen molar-refractivity contribution in [3.05, 3.63) is 35.9 Å². The third kappa shape index (κ3) is 1.28. The quantitative estimate of drug-likeness (QED) is 0.697. The molecule has 0 aliphatic heterocycles. The number of hydrogen-bond acceptors (Lipinski definition) is 1. The third-order valence-electron chi connectivity index (χ3n) is 3.42. The van der Waals surface area contributed by atoms with Crippen molar-refractivity contribution < 1.29 is 5.11 Å². The van der Waals surface area contributed by atoms with Crippen LogP contribution in [0.4, 0.5) is 0 Å². The lowest BCUT2D eigenvalue weighted by atomic mass is 9.58. The van der Waals surface area contributed by atoms with Crippen LogP contribution >= 0.6 is 0 Å². The molecule has 0 amide bonds. The average Bonchev–Trinajstić information content (AvgIpc) is 2.15. The molecular weight excluding hydrogens is 160 g/mol. The van der Waals surface area contributed by atoms with E-state index in [2.05, 4.69) is 38.1 Å². The van der Waals surface area contributed by atoms with Crippen LogP contribution in [-0.4, -0.2) is 11.2 Å². The van der Waals surface area contributed by atoms with Crippen LogP contribution in [0, 0.1) is 5.41 Å². The van der Waals surface area contributed by atoms with Gasteiger partial charge in [0.05, 0.1) is 6.10 Å². The zero-order valence-corrected chi connectivity index (χ0v) is 8.20. The summed E-state index contributed by atoms with van der Waals surface area (Å²) in [6.45, 7) is 4.28. The Balaban J connectivity index is 2.22. The van der Waals surface area contributed by atoms with E-state index in [0.29, 0.717) is 5.92 Å². The minimum Gasteiger partial charge on any atom is -0.393 e. The first-order chi connectivity index (χ1) is 6.12. The Bertz CT molecular complexity index is 289. The van der Waals surface area contributed by atoms with Gasteiger partial charge >= 0.3 is 0 Å². The predicted molar refractivity (Wildman–Crippen MR) is 53.6 cm³/mol. The molecule has 1 aromatic carbocycles. The molecule has 1 aliphatic rings. The second-order valence-corrected chi connectivity index (χ2v) is 4.54. The van der Waals surface area contributed by atoms with Crippen molar-refractivity contribution in [3.8, 4) is 0 Å². The highest BCUT2D eigenvalue weighted by molar-refractivity contribution is 5.26. The van der Waals surface area contributed by atoms with Crippen LogP contribution in [0.15, 0.2) is 30.3 Å². The zero-order chi connectivity index (χ0) is 9.47. The smallest absolute Gasteiger partial charge is 0.0603 e. The summed E-state index contributed by atoms with van der Waals surface area (Å²) in [5.74, 6) is 0.531. The number of hydrogen-bond donors (Lipinski definition) is 1. The van der Waals surface area contributed by atoms with Crippen molar-refractivity contribution in [2.24, 2.45) is 5.41 Å². The molecule has 0 aromatic heterocycles. The molecule has 1 aromatic rings. The van der Waals surface area contributed by atoms with Gasteiger partial charge in [-0.1, -0.05) is 44.2 Å². The maximum atomic E-state index is 9.61. The highest BCUT2D eigenvalue weighted by Crippen LogP contribution is 2.52. The van der Waals surface area contributed by atoms with Crippen LogP contribution in [0.2, 0.25) is 0 Å². The van der Waals surface area contributed by atoms with Crippen molar-refractivity contribution >= 4 is 0 Å². The monoisotopic (exact) mass is 176 g/mol. The van der Waals surface area contributed by atoms with Crippen molar-refractivity contribution in [1.29, 1.82) is 0 Å². The molecule has 2 atom stereocenters. The maximum Gasteiger partial charge on any atom is 0.0603 e. The maximum absolute atomic E-state index is 9.61. The van der Waals surface area contributed by atoms with E-state index < -0.39 is 0 Å². The van der Waals surface area contributed by atoms with E-state index in [4.69, 9.17) is 0 Å². The Kier molecular flexibility index (Phi) is 1.92. The summed E-state index contributed by atoms with van der Waals surface area (Å²) in [5, 5.41) is 9.61. The Labute approximate surface area is 79.4 Å². The van der Waals surface area contributed by atoms with Crippen molar-refractivity contribution in [2.45, 2.75) is 32.3 Å². The minimum atomic E-state index is -0.127. The Morgan fingerprint density at radius 2 is 1.85 bits per heavy atom. The van der Waals surface area contributed by atoms with Crippen LogP contribution in [0.3, 0.4) is 0 Å². The van der Waals surface area contributed by atoms with Gasteiger partial charge in [-0.25, -0.2) is 0 Å². The molecule has 0 spiro atoms. The fraction of sp³-hybridized carbons (Fsp3) is 0.500. The van der Waals surface area contributed by atoms with Crippen LogP contribution in [0.25, 0.3) is 0 Å². The second kappa shape index (κ2) is 2.85. The van der Waals surface area contributed by atoms with Gasteiger partial charge < -0.3 is 5.11 Å². The van der Waals surface area contributed by atoms with E-state index in [-0.39, 0.29) is 11.5 Å². The minimum absolute atomic E-state index is 0.0569. The summed E-state index contributed by atoms with van der Waals surface area (Å²) in [6, 6.07) is 10.5. The highest BCUT2D eigenvalue weighted by atomic mass is 16.3. The van der Waals surface area contributed by atoms with Crippen molar-refractivity contribution in [3.63, 3.8) is 0 Å². The molecule has 1 fully saturated rings. The van der Waals surface area contributed by atoms with E-state index in [1.165, 1.54) is 5.56 Å². The molecular formula is C12H16O. The van der Waals surface area contributed by atoms with Gasteiger partial charge in [-0.3, -0.25) is 0 Å². The number of rotatable bonds is 1. The largest absolute Gasteiger partial charge is 0.393 e. The molecule has 70 valence electrons. The topological polar surface area (TPSA) is 20.2 Å². The number of benzene rings is 1. The van der Waals surface area contributed by atoms with Crippen molar-refractivity contribution in [1.82, 2.24) is 0 Å². The zero-order valence-electron chi connectivity index (χ0n) is 8.20. The molecule has 13 heavy (non-hydrogen) atoms. The van der Waals surface area contributed by atoms with Gasteiger partial charge in [0.1, 0.15) is 0 Å². The normalized spacial score (nSPS) is 31.0. The average molecular weight is 176 g/mol. The first-order valence-electron chi connectivity index (χ1n) is 4.85. The molecule has 0 heterocycles. The summed E-state index contributed by atoms with van der Waals surface area (Å²) in [7, 11) is 0. The third-order valence-corrected chi connectivity index (χ3v) is 3.42. The van der Waals surface area contributed by atoms with Gasteiger partial charge in [0.2, 0.25) is 0 Å². The van der Waals surface area contributed by atoms with E-state index >= 15 is 0 Å². The van der Waals surface area contributed by atoms with Gasteiger partial charge in [0.25, 0.3) is 0 Å². The Morgan fingerprint density at radius 1 is 1.23 bits per heavy atom. The van der Waals surface area contributed by atoms with Crippen LogP contribution in [0.1, 0.15) is 31.7 Å². The second-order valence-electron chi connectivity index (χ2n) is 4.54. The fourth-order valence-electron chi connectivity index (χ4n) is 2.15. The lowest BCUT2D eigenvalue weighted by Crippen LogP contribution is -2.47. The van der Waals surface area contributed by atoms with Gasteiger partial charge in [0, 0.05) is 0 Å². The molecule has 0 bridgehead atoms. The molecule has 1 saturated carbocycles. The molecule has 0 radical (unpaired) electrons. The van der Waals surface area contributed by atoms with Crippen LogP contribution < -0.4 is 0 Å². The SMILES string of the molecule is CC1(C)C(O)CC1c1ccccc1. The van der Waals surface area contributed by atoms with Gasteiger partial charge in [0.15, 0.2) is 0 Å². The van der Waals surface area contributed by atoms with Gasteiger partial charge in [-0.2, -0.15) is 0 Å². The number of aliphatic hydroxyl groups is 1. The first kappa shape index (κ1) is 8.76. The van der Waals surface area contributed by atoms with E-state index in [9.17, 15) is 5.11 Å². The molecule has 1 nitrogen and oxygen atoms in total. The molecule has 2 rings (SSSR count). The van der Waals surface area contributed by atoms with E-state index in [1.807, 2.05) is 6.07 Å². The molecule has 2 unspecified atom stereocenters. The lowest BCUT2D eigenvalue weighted by molar-refractivity contribution is -0.0625. The van der Waals surface area contributed by atoms with Gasteiger partial charge in [-0.05, 0) is 23.3 Å². The molecule has 1 aliphatic carbocycles. The molecule has 1 heteroatoms. The van der Waals surface area contributed by atoms with E-state index in [1.54, 1.807) is 0 Å². The van der Waals surface area contributed by atoms with Crippen LogP contribution in [0.5, 0.6) is 0 Å². The highest BCUT2D eigenvalue weighted by Gasteiger charge is 2.47. The summed E-state index contributed by atoms with van der Waals surface area (Å²) in [5.41, 5.74) is 1.42. The van der Waals surface area contributed by atoms with E-state index in [0.717, 1.165) is 6.42 Å².